The molecule has 1 unspecified atom stereocenters. The van der Waals surface area contributed by atoms with Crippen LogP contribution in [-0.2, 0) is 11.8 Å². The summed E-state index contributed by atoms with van der Waals surface area (Å²) in [6, 6.07) is 3.44. The second kappa shape index (κ2) is 3.65. The van der Waals surface area contributed by atoms with E-state index in [1.807, 2.05) is 0 Å². The van der Waals surface area contributed by atoms with E-state index in [0.717, 1.165) is 4.57 Å². The Kier molecular flexibility index (Phi) is 2.42. The zero-order valence-electron chi connectivity index (χ0n) is 9.41. The highest BCUT2D eigenvalue weighted by molar-refractivity contribution is 5.81. The molecule has 1 aromatic carbocycles. The molecule has 0 saturated carbocycles. The monoisotopic (exact) mass is 236 g/mol. The number of hydrogen-bond acceptors (Lipinski definition) is 3. The number of hydrogen-bond donors (Lipinski definition) is 2. The molecular weight excluding hydrogens is 224 g/mol. The third kappa shape index (κ3) is 1.57. The molecule has 0 saturated heterocycles. The van der Waals surface area contributed by atoms with Gasteiger partial charge in [-0.3, -0.25) is 9.13 Å². The van der Waals surface area contributed by atoms with Gasteiger partial charge in [0.15, 0.2) is 0 Å². The van der Waals surface area contributed by atoms with E-state index in [9.17, 15) is 14.7 Å². The number of rotatable bonds is 2. The van der Waals surface area contributed by atoms with Gasteiger partial charge in [-0.2, -0.15) is 0 Å². The first kappa shape index (κ1) is 11.3. The van der Waals surface area contributed by atoms with Crippen molar-refractivity contribution in [2.45, 2.75) is 13.0 Å². The number of carboxylic acids is 1. The fourth-order valence-corrected chi connectivity index (χ4v) is 1.84. The lowest BCUT2D eigenvalue weighted by Gasteiger charge is -2.07. The van der Waals surface area contributed by atoms with Crippen LogP contribution in [0.5, 0.6) is 5.75 Å². The third-order valence-electron chi connectivity index (χ3n) is 2.82. The summed E-state index contributed by atoms with van der Waals surface area (Å²) in [6.07, 6.45) is 0. The van der Waals surface area contributed by atoms with E-state index in [-0.39, 0.29) is 5.75 Å². The average Bonchev–Trinajstić information content (AvgIpc) is 2.50. The molecule has 0 bridgehead atoms. The molecular formula is C11H12N2O4. The van der Waals surface area contributed by atoms with Gasteiger partial charge in [0, 0.05) is 13.1 Å². The minimum Gasteiger partial charge on any atom is -0.508 e. The van der Waals surface area contributed by atoms with Gasteiger partial charge in [-0.25, -0.2) is 9.59 Å². The molecule has 0 aliphatic heterocycles. The van der Waals surface area contributed by atoms with Gasteiger partial charge in [0.25, 0.3) is 0 Å². The fourth-order valence-electron chi connectivity index (χ4n) is 1.84. The number of phenolic OH excluding ortho intramolecular Hbond substituents is 1. The Labute approximate surface area is 96.3 Å². The van der Waals surface area contributed by atoms with Gasteiger partial charge in [0.05, 0.1) is 11.0 Å². The molecule has 0 radical (unpaired) electrons. The van der Waals surface area contributed by atoms with E-state index < -0.39 is 17.7 Å². The highest BCUT2D eigenvalue weighted by Crippen LogP contribution is 2.21. The molecule has 6 nitrogen and oxygen atoms in total. The van der Waals surface area contributed by atoms with E-state index in [1.54, 1.807) is 13.1 Å². The van der Waals surface area contributed by atoms with Gasteiger partial charge in [0.1, 0.15) is 11.8 Å². The van der Waals surface area contributed by atoms with E-state index in [2.05, 4.69) is 0 Å². The summed E-state index contributed by atoms with van der Waals surface area (Å²) in [5.41, 5.74) is 0.578. The predicted molar refractivity (Wildman–Crippen MR) is 61.2 cm³/mol. The number of phenols is 1. The first-order valence-corrected chi connectivity index (χ1v) is 5.06. The van der Waals surface area contributed by atoms with Crippen molar-refractivity contribution < 1.29 is 15.0 Å². The van der Waals surface area contributed by atoms with Gasteiger partial charge in [-0.15, -0.1) is 0 Å². The lowest BCUT2D eigenvalue weighted by Crippen LogP contribution is -2.28. The molecule has 17 heavy (non-hydrogen) atoms. The predicted octanol–water partition coefficient (Wildman–Crippen LogP) is 0.691. The zero-order valence-corrected chi connectivity index (χ0v) is 9.41. The highest BCUT2D eigenvalue weighted by atomic mass is 16.4. The Morgan fingerprint density at radius 1 is 1.35 bits per heavy atom. The third-order valence-corrected chi connectivity index (χ3v) is 2.82. The molecule has 2 N–H and O–H groups in total. The Hall–Kier alpha value is -2.24. The van der Waals surface area contributed by atoms with Gasteiger partial charge in [0.2, 0.25) is 0 Å². The molecule has 0 amide bonds. The van der Waals surface area contributed by atoms with Crippen LogP contribution in [0.2, 0.25) is 0 Å². The number of nitrogens with zero attached hydrogens (tertiary/aromatic N) is 2. The van der Waals surface area contributed by atoms with E-state index in [0.29, 0.717) is 11.0 Å². The quantitative estimate of drug-likeness (QED) is 0.803. The Balaban J connectivity index is 2.86. The van der Waals surface area contributed by atoms with Crippen LogP contribution in [0.3, 0.4) is 0 Å². The second-order valence-electron chi connectivity index (χ2n) is 3.90. The summed E-state index contributed by atoms with van der Waals surface area (Å²) < 4.78 is 2.51. The lowest BCUT2D eigenvalue weighted by atomic mass is 10.2. The van der Waals surface area contributed by atoms with Crippen LogP contribution in [0.15, 0.2) is 23.0 Å². The van der Waals surface area contributed by atoms with Crippen molar-refractivity contribution >= 4 is 17.0 Å². The number of carbonyl (C=O) groups is 1. The van der Waals surface area contributed by atoms with Crippen molar-refractivity contribution in [1.29, 1.82) is 0 Å². The molecule has 1 heterocycles. The summed E-state index contributed by atoms with van der Waals surface area (Å²) in [6.45, 7) is 1.42. The van der Waals surface area contributed by atoms with Crippen LogP contribution in [0, 0.1) is 0 Å². The van der Waals surface area contributed by atoms with Crippen molar-refractivity contribution in [3.8, 4) is 5.75 Å². The standard InChI is InChI=1S/C11H12N2O4/c1-6(10(15)16)13-9-5-7(14)3-4-8(9)12(2)11(13)17/h3-6,14H,1-2H3,(H,15,16). The number of fused-ring (bicyclic) bond motifs is 1. The Bertz CT molecular complexity index is 653. The molecule has 2 aromatic rings. The largest absolute Gasteiger partial charge is 0.508 e. The van der Waals surface area contributed by atoms with Crippen molar-refractivity contribution in [2.24, 2.45) is 7.05 Å². The molecule has 0 fully saturated rings. The maximum absolute atomic E-state index is 11.9. The summed E-state index contributed by atoms with van der Waals surface area (Å²) >= 11 is 0. The Morgan fingerprint density at radius 2 is 2.00 bits per heavy atom. The first-order valence-electron chi connectivity index (χ1n) is 5.06. The number of aromatic hydroxyl groups is 1. The highest BCUT2D eigenvalue weighted by Gasteiger charge is 2.20. The number of aliphatic carboxylic acids is 1. The normalized spacial score (nSPS) is 12.8. The smallest absolute Gasteiger partial charge is 0.329 e. The van der Waals surface area contributed by atoms with Crippen LogP contribution >= 0.6 is 0 Å². The van der Waals surface area contributed by atoms with Crippen molar-refractivity contribution in [3.05, 3.63) is 28.7 Å². The number of aryl methyl sites for hydroxylation is 1. The molecule has 90 valence electrons. The van der Waals surface area contributed by atoms with Crippen LogP contribution in [0.1, 0.15) is 13.0 Å². The SMILES string of the molecule is CC(C(=O)O)n1c(=O)n(C)c2ccc(O)cc21. The van der Waals surface area contributed by atoms with E-state index in [1.165, 1.54) is 23.6 Å². The molecule has 1 atom stereocenters. The number of imidazole rings is 1. The lowest BCUT2D eigenvalue weighted by molar-refractivity contribution is -0.140. The minimum atomic E-state index is -1.09. The summed E-state index contributed by atoms with van der Waals surface area (Å²) in [7, 11) is 1.56. The Morgan fingerprint density at radius 3 is 2.59 bits per heavy atom. The van der Waals surface area contributed by atoms with Crippen molar-refractivity contribution in [1.82, 2.24) is 9.13 Å². The molecule has 0 aliphatic rings. The number of aromatic nitrogens is 2. The van der Waals surface area contributed by atoms with Crippen molar-refractivity contribution in [3.63, 3.8) is 0 Å². The molecule has 2 rings (SSSR count). The average molecular weight is 236 g/mol. The zero-order chi connectivity index (χ0) is 12.7. The maximum atomic E-state index is 11.9. The fraction of sp³-hybridized carbons (Fsp3) is 0.273. The first-order chi connectivity index (χ1) is 7.93. The van der Waals surface area contributed by atoms with Crippen LogP contribution in [0.4, 0.5) is 0 Å². The van der Waals surface area contributed by atoms with Gasteiger partial charge in [-0.05, 0) is 19.1 Å². The summed E-state index contributed by atoms with van der Waals surface area (Å²) in [4.78, 5) is 22.9. The van der Waals surface area contributed by atoms with Gasteiger partial charge < -0.3 is 10.2 Å². The van der Waals surface area contributed by atoms with E-state index in [4.69, 9.17) is 5.11 Å². The van der Waals surface area contributed by atoms with Crippen LogP contribution < -0.4 is 5.69 Å². The van der Waals surface area contributed by atoms with Gasteiger partial charge in [-0.1, -0.05) is 0 Å². The van der Waals surface area contributed by atoms with Crippen LogP contribution in [-0.4, -0.2) is 25.3 Å². The molecule has 1 aromatic heterocycles. The molecule has 0 spiro atoms. The topological polar surface area (TPSA) is 84.5 Å². The molecule has 6 heteroatoms. The van der Waals surface area contributed by atoms with E-state index >= 15 is 0 Å². The summed E-state index contributed by atoms with van der Waals surface area (Å²) in [5.74, 6) is -1.10. The maximum Gasteiger partial charge on any atom is 0.329 e. The summed E-state index contributed by atoms with van der Waals surface area (Å²) in [5, 5.41) is 18.4. The van der Waals surface area contributed by atoms with Gasteiger partial charge >= 0.3 is 11.7 Å². The van der Waals surface area contributed by atoms with Crippen molar-refractivity contribution in [2.75, 3.05) is 0 Å². The number of carboxylic acid groups (broad SMARTS) is 1. The van der Waals surface area contributed by atoms with Crippen LogP contribution in [0.25, 0.3) is 11.0 Å². The molecule has 0 aliphatic carbocycles. The second-order valence-corrected chi connectivity index (χ2v) is 3.90. The minimum absolute atomic E-state index is 0.00515. The number of benzene rings is 1.